The van der Waals surface area contributed by atoms with Gasteiger partial charge >= 0.3 is 0 Å². The van der Waals surface area contributed by atoms with Crippen molar-refractivity contribution in [1.29, 1.82) is 5.41 Å². The van der Waals surface area contributed by atoms with Crippen molar-refractivity contribution in [1.82, 2.24) is 24.6 Å². The molecule has 0 saturated carbocycles. The molecule has 0 atom stereocenters. The van der Waals surface area contributed by atoms with Crippen LogP contribution >= 0.6 is 12.6 Å². The highest BCUT2D eigenvalue weighted by molar-refractivity contribution is 7.79. The van der Waals surface area contributed by atoms with Gasteiger partial charge < -0.3 is 20.8 Å². The van der Waals surface area contributed by atoms with E-state index < -0.39 is 0 Å². The summed E-state index contributed by atoms with van der Waals surface area (Å²) in [5.74, 6) is 3.22. The van der Waals surface area contributed by atoms with Crippen molar-refractivity contribution in [3.05, 3.63) is 72.9 Å². The van der Waals surface area contributed by atoms with Crippen LogP contribution in [0.2, 0.25) is 0 Å². The lowest BCUT2D eigenvalue weighted by Gasteiger charge is -2.13. The molecule has 0 bridgehead atoms. The van der Waals surface area contributed by atoms with E-state index in [1.54, 1.807) is 24.0 Å². The number of pyridine rings is 1. The van der Waals surface area contributed by atoms with Crippen LogP contribution in [0.25, 0.3) is 16.6 Å². The van der Waals surface area contributed by atoms with Crippen LogP contribution in [0, 0.1) is 12.3 Å². The number of benzene rings is 2. The molecule has 11 heteroatoms. The molecular weight excluding hydrogens is 546 g/mol. The molecule has 5 aromatic rings. The first-order valence-electron chi connectivity index (χ1n) is 13.2. The molecule has 10 nitrogen and oxygen atoms in total. The third-order valence-electron chi connectivity index (χ3n) is 6.25. The third kappa shape index (κ3) is 7.82. The molecule has 3 N–H and O–H groups in total. The molecule has 42 heavy (non-hydrogen) atoms. The van der Waals surface area contributed by atoms with E-state index in [4.69, 9.17) is 15.1 Å². The Morgan fingerprint density at radius 1 is 0.976 bits per heavy atom. The van der Waals surface area contributed by atoms with E-state index in [0.29, 0.717) is 5.75 Å². The molecule has 3 aromatic heterocycles. The zero-order valence-electron chi connectivity index (χ0n) is 23.9. The first-order valence-corrected chi connectivity index (χ1v) is 14.1. The Bertz CT molecular complexity index is 1680. The van der Waals surface area contributed by atoms with Gasteiger partial charge in [0.2, 0.25) is 0 Å². The van der Waals surface area contributed by atoms with Crippen LogP contribution in [0.5, 0.6) is 11.5 Å². The number of nitrogens with one attached hydrogen (secondary N) is 3. The summed E-state index contributed by atoms with van der Waals surface area (Å²) in [6, 6.07) is 15.8. The van der Waals surface area contributed by atoms with Crippen molar-refractivity contribution in [2.75, 3.05) is 16.9 Å². The second kappa shape index (κ2) is 14.4. The van der Waals surface area contributed by atoms with E-state index in [1.807, 2.05) is 55.6 Å². The molecule has 0 aliphatic carbocycles. The molecule has 0 fully saturated rings. The fourth-order valence-electron chi connectivity index (χ4n) is 4.36. The monoisotopic (exact) mass is 585 g/mol. The van der Waals surface area contributed by atoms with E-state index in [1.165, 1.54) is 12.5 Å². The number of aliphatic imine (C=N–C) groups is 1. The summed E-state index contributed by atoms with van der Waals surface area (Å²) in [5.41, 5.74) is 4.47. The zero-order valence-corrected chi connectivity index (χ0v) is 24.8. The first-order chi connectivity index (χ1) is 19.8. The van der Waals surface area contributed by atoms with Crippen LogP contribution < -0.4 is 15.4 Å². The summed E-state index contributed by atoms with van der Waals surface area (Å²) in [5, 5.41) is 18.0. The minimum absolute atomic E-state index is 0. The number of fused-ring (bicyclic) bond motifs is 2. The van der Waals surface area contributed by atoms with Crippen molar-refractivity contribution in [3.63, 3.8) is 0 Å². The Morgan fingerprint density at radius 2 is 1.71 bits per heavy atom. The van der Waals surface area contributed by atoms with E-state index >= 15 is 0 Å². The topological polar surface area (TPSA) is 125 Å². The van der Waals surface area contributed by atoms with Crippen molar-refractivity contribution < 1.29 is 4.74 Å². The molecule has 0 spiro atoms. The van der Waals surface area contributed by atoms with E-state index in [2.05, 4.69) is 63.2 Å². The summed E-state index contributed by atoms with van der Waals surface area (Å²) in [7, 11) is 0. The predicted octanol–water partition coefficient (Wildman–Crippen LogP) is 7.74. The summed E-state index contributed by atoms with van der Waals surface area (Å²) in [4.78, 5) is 17.9. The van der Waals surface area contributed by atoms with Crippen molar-refractivity contribution in [2.45, 2.75) is 53.5 Å². The van der Waals surface area contributed by atoms with Crippen LogP contribution in [0.1, 0.15) is 46.6 Å². The molecule has 1 aliphatic rings. The molecule has 0 amide bonds. The summed E-state index contributed by atoms with van der Waals surface area (Å²) in [6.45, 7) is 8.00. The smallest absolute Gasteiger partial charge is 0.158 e. The largest absolute Gasteiger partial charge is 0.457 e. The van der Waals surface area contributed by atoms with E-state index in [0.717, 1.165) is 63.7 Å². The Hall–Kier alpha value is -4.51. The van der Waals surface area contributed by atoms with Gasteiger partial charge in [0, 0.05) is 35.4 Å². The summed E-state index contributed by atoms with van der Waals surface area (Å²) >= 11 is 3.53. The zero-order chi connectivity index (χ0) is 29.4. The van der Waals surface area contributed by atoms with Gasteiger partial charge in [-0.3, -0.25) is 4.99 Å². The molecule has 1 aliphatic heterocycles. The summed E-state index contributed by atoms with van der Waals surface area (Å²) < 4.78 is 7.80. The van der Waals surface area contributed by atoms with Gasteiger partial charge in [-0.1, -0.05) is 7.43 Å². The number of amidine groups is 1. The molecule has 2 aromatic carbocycles. The van der Waals surface area contributed by atoms with Gasteiger partial charge in [-0.2, -0.15) is 17.7 Å². The average molecular weight is 586 g/mol. The number of ether oxygens (including phenoxy) is 1. The fraction of sp³-hybridized carbons (Fsp3) is 0.290. The SMILES string of the molecule is C.CC=N.CS.Cc1cc(Nc2ncnc3ccc(NC4=NC(C)(C)CC4)cc23)ccc1Oc1ccn2ncnc2c1. The lowest BCUT2D eigenvalue weighted by molar-refractivity contribution is 0.478. The third-order valence-corrected chi connectivity index (χ3v) is 6.25. The highest BCUT2D eigenvalue weighted by Crippen LogP contribution is 2.31. The van der Waals surface area contributed by atoms with E-state index in [-0.39, 0.29) is 13.0 Å². The molecule has 0 saturated heterocycles. The van der Waals surface area contributed by atoms with Crippen LogP contribution in [0.3, 0.4) is 0 Å². The Balaban J connectivity index is 0.000000760. The van der Waals surface area contributed by atoms with Gasteiger partial charge in [0.15, 0.2) is 5.65 Å². The lowest BCUT2D eigenvalue weighted by atomic mass is 10.0. The second-order valence-corrected chi connectivity index (χ2v) is 9.87. The Kier molecular flexibility index (Phi) is 11.0. The highest BCUT2D eigenvalue weighted by Gasteiger charge is 2.24. The Labute approximate surface area is 252 Å². The van der Waals surface area contributed by atoms with Gasteiger partial charge in [0.1, 0.15) is 35.8 Å². The number of rotatable bonds is 5. The van der Waals surface area contributed by atoms with Crippen LogP contribution in [0.15, 0.2) is 72.4 Å². The maximum absolute atomic E-state index is 6.10. The minimum Gasteiger partial charge on any atom is -0.457 e. The highest BCUT2D eigenvalue weighted by atomic mass is 32.1. The van der Waals surface area contributed by atoms with Gasteiger partial charge in [-0.05, 0) is 94.6 Å². The molecule has 6 rings (SSSR count). The second-order valence-electron chi connectivity index (χ2n) is 9.87. The number of nitrogens with zero attached hydrogens (tertiary/aromatic N) is 6. The molecule has 4 heterocycles. The van der Waals surface area contributed by atoms with Crippen LogP contribution in [0.4, 0.5) is 17.2 Å². The maximum atomic E-state index is 6.10. The number of aryl methyl sites for hydroxylation is 1. The quantitative estimate of drug-likeness (QED) is 0.123. The van der Waals surface area contributed by atoms with Gasteiger partial charge in [-0.15, -0.1) is 0 Å². The number of hydrogen-bond donors (Lipinski definition) is 4. The Morgan fingerprint density at radius 3 is 2.43 bits per heavy atom. The minimum atomic E-state index is -0.00794. The number of aromatic nitrogens is 5. The van der Waals surface area contributed by atoms with Crippen molar-refractivity contribution >= 4 is 58.4 Å². The van der Waals surface area contributed by atoms with Crippen molar-refractivity contribution in [3.8, 4) is 11.5 Å². The molecule has 0 radical (unpaired) electrons. The van der Waals surface area contributed by atoms with E-state index in [9.17, 15) is 0 Å². The number of anilines is 3. The first kappa shape index (κ1) is 32.0. The van der Waals surface area contributed by atoms with Crippen LogP contribution in [-0.2, 0) is 0 Å². The van der Waals surface area contributed by atoms with Crippen molar-refractivity contribution in [2.24, 2.45) is 4.99 Å². The maximum Gasteiger partial charge on any atom is 0.158 e. The molecular formula is C31H39N9OS. The fourth-order valence-corrected chi connectivity index (χ4v) is 4.36. The molecule has 220 valence electrons. The normalized spacial score (nSPS) is 13.0. The molecule has 0 unspecified atom stereocenters. The van der Waals surface area contributed by atoms with Gasteiger partial charge in [0.05, 0.1) is 11.1 Å². The number of thiol groups is 1. The lowest BCUT2D eigenvalue weighted by Crippen LogP contribution is -2.11. The predicted molar refractivity (Wildman–Crippen MR) is 178 cm³/mol. The van der Waals surface area contributed by atoms with Gasteiger partial charge in [-0.25, -0.2) is 19.5 Å². The average Bonchev–Trinajstić information content (AvgIpc) is 3.57. The standard InChI is InChI=1S/C27H26N8O.C2H5N.CH4S.CH4/c1-17-12-18(5-7-23(17)36-20-9-11-35-25(14-20)29-16-31-35)33-26-21-13-19(4-6-22(21)28-15-30-26)32-24-8-10-27(2,3)34-24;1-2-3;1-2;/h4-7,9,11-16H,8,10H2,1-3H3,(H,32,34)(H,28,30,33);2-3H,1H3;2H,1H3;1H4. The van der Waals surface area contributed by atoms with Crippen LogP contribution in [-0.4, -0.2) is 48.4 Å². The van der Waals surface area contributed by atoms with Gasteiger partial charge in [0.25, 0.3) is 0 Å². The number of hydrogen-bond acceptors (Lipinski definition) is 10. The summed E-state index contributed by atoms with van der Waals surface area (Å²) in [6.07, 6.45) is 9.86.